The fourth-order valence-electron chi connectivity index (χ4n) is 3.16. The third-order valence-electron chi connectivity index (χ3n) is 5.06. The van der Waals surface area contributed by atoms with E-state index in [2.05, 4.69) is 5.32 Å². The van der Waals surface area contributed by atoms with E-state index in [1.165, 1.54) is 26.4 Å². The predicted molar refractivity (Wildman–Crippen MR) is 125 cm³/mol. The lowest BCUT2D eigenvalue weighted by Gasteiger charge is -2.26. The molecule has 3 aromatic carbocycles. The molecule has 1 amide bonds. The van der Waals surface area contributed by atoms with Crippen LogP contribution in [0.5, 0.6) is 11.5 Å². The minimum Gasteiger partial charge on any atom is -0.497 e. The van der Waals surface area contributed by atoms with Crippen molar-refractivity contribution in [1.82, 2.24) is 0 Å². The number of nitrogens with one attached hydrogen (secondary N) is 1. The minimum atomic E-state index is -4.06. The van der Waals surface area contributed by atoms with E-state index in [0.29, 0.717) is 11.4 Å². The molecule has 0 atom stereocenters. The quantitative estimate of drug-likeness (QED) is 0.553. The maximum absolute atomic E-state index is 13.5. The molecular formula is C24H26N2O5S. The van der Waals surface area contributed by atoms with Gasteiger partial charge in [-0.25, -0.2) is 8.42 Å². The van der Waals surface area contributed by atoms with Gasteiger partial charge in [0, 0.05) is 11.8 Å². The summed E-state index contributed by atoms with van der Waals surface area (Å²) in [6, 6.07) is 18.2. The Labute approximate surface area is 188 Å². The van der Waals surface area contributed by atoms with Gasteiger partial charge in [-0.3, -0.25) is 9.10 Å². The summed E-state index contributed by atoms with van der Waals surface area (Å²) >= 11 is 0. The van der Waals surface area contributed by atoms with E-state index in [9.17, 15) is 13.2 Å². The number of amides is 1. The smallest absolute Gasteiger partial charge is 0.264 e. The number of sulfonamides is 1. The number of nitrogens with zero attached hydrogens (tertiary/aromatic N) is 1. The second-order valence-electron chi connectivity index (χ2n) is 7.21. The lowest BCUT2D eigenvalue weighted by Crippen LogP contribution is -2.38. The molecule has 0 unspecified atom stereocenters. The van der Waals surface area contributed by atoms with Crippen molar-refractivity contribution in [1.29, 1.82) is 0 Å². The van der Waals surface area contributed by atoms with Crippen LogP contribution in [0.2, 0.25) is 0 Å². The van der Waals surface area contributed by atoms with Crippen molar-refractivity contribution in [2.24, 2.45) is 0 Å². The van der Waals surface area contributed by atoms with Crippen LogP contribution in [-0.2, 0) is 14.8 Å². The van der Waals surface area contributed by atoms with Crippen molar-refractivity contribution in [3.63, 3.8) is 0 Å². The number of benzene rings is 3. The Kier molecular flexibility index (Phi) is 7.05. The van der Waals surface area contributed by atoms with Crippen LogP contribution in [0.1, 0.15) is 11.1 Å². The number of rotatable bonds is 8. The van der Waals surface area contributed by atoms with Gasteiger partial charge in [0.05, 0.1) is 24.8 Å². The van der Waals surface area contributed by atoms with Gasteiger partial charge in [0.15, 0.2) is 0 Å². The fourth-order valence-corrected chi connectivity index (χ4v) is 4.61. The van der Waals surface area contributed by atoms with Crippen LogP contribution in [0.15, 0.2) is 71.6 Å². The molecule has 0 radical (unpaired) electrons. The summed E-state index contributed by atoms with van der Waals surface area (Å²) < 4.78 is 38.7. The van der Waals surface area contributed by atoms with Crippen LogP contribution in [0.4, 0.5) is 11.4 Å². The number of aryl methyl sites for hydroxylation is 2. The van der Waals surface area contributed by atoms with Crippen LogP contribution in [0.25, 0.3) is 0 Å². The third-order valence-corrected chi connectivity index (χ3v) is 6.84. The zero-order chi connectivity index (χ0) is 23.3. The van der Waals surface area contributed by atoms with E-state index in [1.807, 2.05) is 26.0 Å². The van der Waals surface area contributed by atoms with Crippen LogP contribution < -0.4 is 19.1 Å². The van der Waals surface area contributed by atoms with E-state index < -0.39 is 22.5 Å². The van der Waals surface area contributed by atoms with Crippen molar-refractivity contribution >= 4 is 27.3 Å². The molecular weight excluding hydrogens is 428 g/mol. The maximum atomic E-state index is 13.5. The van der Waals surface area contributed by atoms with Gasteiger partial charge < -0.3 is 14.8 Å². The zero-order valence-corrected chi connectivity index (χ0v) is 19.3. The minimum absolute atomic E-state index is 0.0665. The molecule has 8 heteroatoms. The highest BCUT2D eigenvalue weighted by atomic mass is 32.2. The molecule has 3 aromatic rings. The molecule has 0 aromatic heterocycles. The van der Waals surface area contributed by atoms with Gasteiger partial charge in [-0.2, -0.15) is 0 Å². The topological polar surface area (TPSA) is 84.9 Å². The van der Waals surface area contributed by atoms with Gasteiger partial charge >= 0.3 is 0 Å². The second-order valence-corrected chi connectivity index (χ2v) is 9.07. The summed E-state index contributed by atoms with van der Waals surface area (Å²) in [4.78, 5) is 13.0. The molecule has 0 fully saturated rings. The van der Waals surface area contributed by atoms with Crippen LogP contribution >= 0.6 is 0 Å². The molecule has 0 bridgehead atoms. The maximum Gasteiger partial charge on any atom is 0.264 e. The van der Waals surface area contributed by atoms with Gasteiger partial charge in [0.1, 0.15) is 18.0 Å². The summed E-state index contributed by atoms with van der Waals surface area (Å²) in [5, 5.41) is 2.78. The number of carbonyl (C=O) groups excluding carboxylic acids is 1. The van der Waals surface area contributed by atoms with Crippen molar-refractivity contribution in [2.75, 3.05) is 30.4 Å². The second kappa shape index (κ2) is 9.74. The Balaban J connectivity index is 2.01. The number of hydrogen-bond acceptors (Lipinski definition) is 5. The van der Waals surface area contributed by atoms with Gasteiger partial charge in [0.25, 0.3) is 10.0 Å². The number of anilines is 2. The zero-order valence-electron chi connectivity index (χ0n) is 18.5. The molecule has 32 heavy (non-hydrogen) atoms. The van der Waals surface area contributed by atoms with E-state index in [4.69, 9.17) is 9.47 Å². The lowest BCUT2D eigenvalue weighted by atomic mass is 10.1. The molecule has 7 nitrogen and oxygen atoms in total. The largest absolute Gasteiger partial charge is 0.497 e. The first-order chi connectivity index (χ1) is 15.3. The molecule has 0 saturated heterocycles. The van der Waals surface area contributed by atoms with Crippen molar-refractivity contribution < 1.29 is 22.7 Å². The van der Waals surface area contributed by atoms with Crippen LogP contribution in [0, 0.1) is 13.8 Å². The van der Waals surface area contributed by atoms with Crippen molar-refractivity contribution in [2.45, 2.75) is 18.7 Å². The van der Waals surface area contributed by atoms with Crippen molar-refractivity contribution in [3.8, 4) is 11.5 Å². The van der Waals surface area contributed by atoms with E-state index in [1.54, 1.807) is 42.5 Å². The summed E-state index contributed by atoms with van der Waals surface area (Å²) in [6.07, 6.45) is 0. The Hall–Kier alpha value is -3.52. The van der Waals surface area contributed by atoms with Crippen LogP contribution in [0.3, 0.4) is 0 Å². The first-order valence-electron chi connectivity index (χ1n) is 9.93. The number of hydrogen-bond donors (Lipinski definition) is 1. The molecule has 0 saturated carbocycles. The first-order valence-corrected chi connectivity index (χ1v) is 11.4. The van der Waals surface area contributed by atoms with E-state index in [-0.39, 0.29) is 16.3 Å². The molecule has 0 spiro atoms. The normalized spacial score (nSPS) is 11.0. The van der Waals surface area contributed by atoms with E-state index in [0.717, 1.165) is 15.4 Å². The van der Waals surface area contributed by atoms with Gasteiger partial charge in [-0.05, 0) is 61.4 Å². The molecule has 3 rings (SSSR count). The van der Waals surface area contributed by atoms with Gasteiger partial charge in [-0.1, -0.05) is 24.3 Å². The van der Waals surface area contributed by atoms with Gasteiger partial charge in [0.2, 0.25) is 5.91 Å². The Bertz CT molecular complexity index is 1210. The van der Waals surface area contributed by atoms with Gasteiger partial charge in [-0.15, -0.1) is 0 Å². The average molecular weight is 455 g/mol. The lowest BCUT2D eigenvalue weighted by molar-refractivity contribution is -0.114. The first kappa shape index (κ1) is 23.1. The molecule has 0 aliphatic rings. The Morgan fingerprint density at radius 2 is 1.62 bits per heavy atom. The number of carbonyl (C=O) groups is 1. The van der Waals surface area contributed by atoms with E-state index >= 15 is 0 Å². The monoisotopic (exact) mass is 454 g/mol. The fraction of sp³-hybridized carbons (Fsp3) is 0.208. The Morgan fingerprint density at radius 3 is 2.25 bits per heavy atom. The van der Waals surface area contributed by atoms with Crippen molar-refractivity contribution in [3.05, 3.63) is 77.9 Å². The SMILES string of the molecule is COc1ccc(N(CC(=O)Nc2ccc(C)c(C)c2)S(=O)(=O)c2ccccc2)c(OC)c1. The summed E-state index contributed by atoms with van der Waals surface area (Å²) in [5.74, 6) is 0.288. The summed E-state index contributed by atoms with van der Waals surface area (Å²) in [7, 11) is -1.12. The average Bonchev–Trinajstić information content (AvgIpc) is 2.80. The summed E-state index contributed by atoms with van der Waals surface area (Å²) in [5.41, 5.74) is 2.94. The number of methoxy groups -OCH3 is 2. The summed E-state index contributed by atoms with van der Waals surface area (Å²) in [6.45, 7) is 3.48. The van der Waals surface area contributed by atoms with Crippen LogP contribution in [-0.4, -0.2) is 35.1 Å². The predicted octanol–water partition coefficient (Wildman–Crippen LogP) is 4.15. The standard InChI is InChI=1S/C24H26N2O5S/c1-17-10-11-19(14-18(17)2)25-24(27)16-26(32(28,29)21-8-6-5-7-9-21)22-13-12-20(30-3)15-23(22)31-4/h5-15H,16H2,1-4H3,(H,25,27). The Morgan fingerprint density at radius 1 is 0.906 bits per heavy atom. The molecule has 0 heterocycles. The molecule has 0 aliphatic carbocycles. The molecule has 0 aliphatic heterocycles. The number of ether oxygens (including phenoxy) is 2. The third kappa shape index (κ3) is 5.03. The highest BCUT2D eigenvalue weighted by molar-refractivity contribution is 7.92. The highest BCUT2D eigenvalue weighted by Crippen LogP contribution is 2.35. The molecule has 168 valence electrons. The molecule has 1 N–H and O–H groups in total. The highest BCUT2D eigenvalue weighted by Gasteiger charge is 2.29.